The SMILES string of the molecule is CC(C)(C)c1cc(/C=N/c2ccccc2Sc2c(F)c(F)c(F)c(F)c2F)c(O)c(C(C)(C)C)c1. The minimum Gasteiger partial charge on any atom is -0.507 e. The summed E-state index contributed by atoms with van der Waals surface area (Å²) in [6.45, 7) is 12.1. The number of nitrogens with zero attached hydrogens (tertiary/aromatic N) is 1. The first-order valence-electron chi connectivity index (χ1n) is 10.8. The maximum absolute atomic E-state index is 14.2. The highest BCUT2D eigenvalue weighted by Gasteiger charge is 2.27. The summed E-state index contributed by atoms with van der Waals surface area (Å²) < 4.78 is 69.2. The third-order valence-corrected chi connectivity index (χ3v) is 6.53. The van der Waals surface area contributed by atoms with E-state index in [1.807, 2.05) is 53.7 Å². The van der Waals surface area contributed by atoms with E-state index in [0.29, 0.717) is 17.3 Å². The van der Waals surface area contributed by atoms with Crippen LogP contribution < -0.4 is 0 Å². The van der Waals surface area contributed by atoms with Crippen LogP contribution in [0.2, 0.25) is 0 Å². The molecule has 8 heteroatoms. The maximum Gasteiger partial charge on any atom is 0.200 e. The van der Waals surface area contributed by atoms with Crippen LogP contribution in [0.25, 0.3) is 0 Å². The molecule has 2 nitrogen and oxygen atoms in total. The molecule has 0 amide bonds. The molecule has 0 unspecified atom stereocenters. The van der Waals surface area contributed by atoms with Crippen molar-refractivity contribution in [3.63, 3.8) is 0 Å². The lowest BCUT2D eigenvalue weighted by Gasteiger charge is -2.27. The van der Waals surface area contributed by atoms with E-state index in [4.69, 9.17) is 0 Å². The second-order valence-electron chi connectivity index (χ2n) is 10.2. The molecule has 0 radical (unpaired) electrons. The molecule has 0 spiro atoms. The van der Waals surface area contributed by atoms with E-state index in [1.54, 1.807) is 18.2 Å². The molecule has 3 aromatic carbocycles. The Morgan fingerprint density at radius 1 is 0.771 bits per heavy atom. The number of phenolic OH excluding ortho intramolecular Hbond substituents is 1. The van der Waals surface area contributed by atoms with Gasteiger partial charge in [0.1, 0.15) is 5.75 Å². The first-order chi connectivity index (χ1) is 16.1. The molecule has 0 bridgehead atoms. The van der Waals surface area contributed by atoms with Crippen molar-refractivity contribution in [3.8, 4) is 5.75 Å². The molecule has 0 aliphatic heterocycles. The minimum atomic E-state index is -2.21. The van der Waals surface area contributed by atoms with Gasteiger partial charge in [0.05, 0.1) is 10.6 Å². The molecule has 3 aromatic rings. The van der Waals surface area contributed by atoms with Crippen LogP contribution in [0.4, 0.5) is 27.6 Å². The van der Waals surface area contributed by atoms with Crippen molar-refractivity contribution in [3.05, 3.63) is 82.2 Å². The third-order valence-electron chi connectivity index (χ3n) is 5.40. The highest BCUT2D eigenvalue weighted by atomic mass is 32.2. The number of aliphatic imine (C=N–C) groups is 1. The van der Waals surface area contributed by atoms with Gasteiger partial charge in [0.2, 0.25) is 5.82 Å². The van der Waals surface area contributed by atoms with Crippen molar-refractivity contribution in [2.24, 2.45) is 4.99 Å². The summed E-state index contributed by atoms with van der Waals surface area (Å²) in [7, 11) is 0. The van der Waals surface area contributed by atoms with Crippen LogP contribution >= 0.6 is 11.8 Å². The van der Waals surface area contributed by atoms with Crippen LogP contribution in [0.15, 0.2) is 51.2 Å². The topological polar surface area (TPSA) is 32.6 Å². The second-order valence-corrected chi connectivity index (χ2v) is 11.2. The van der Waals surface area contributed by atoms with Crippen molar-refractivity contribution in [2.75, 3.05) is 0 Å². The van der Waals surface area contributed by atoms with E-state index in [-0.39, 0.29) is 27.2 Å². The normalized spacial score (nSPS) is 12.5. The van der Waals surface area contributed by atoms with Gasteiger partial charge in [-0.15, -0.1) is 0 Å². The third kappa shape index (κ3) is 5.53. The monoisotopic (exact) mass is 507 g/mol. The lowest BCUT2D eigenvalue weighted by Crippen LogP contribution is -2.17. The van der Waals surface area contributed by atoms with Gasteiger partial charge in [-0.2, -0.15) is 0 Å². The highest BCUT2D eigenvalue weighted by Crippen LogP contribution is 2.41. The standard InChI is InChI=1S/C27H26F5NOS/c1-26(2,3)15-11-14(24(34)16(12-15)27(4,5)6)13-33-17-9-7-8-10-18(17)35-25-22(31)20(29)19(28)21(30)23(25)32/h7-13,34H,1-6H3/b33-13+. The van der Waals surface area contributed by atoms with E-state index in [1.165, 1.54) is 12.3 Å². The van der Waals surface area contributed by atoms with Crippen molar-refractivity contribution in [2.45, 2.75) is 62.2 Å². The number of hydrogen-bond donors (Lipinski definition) is 1. The maximum atomic E-state index is 14.2. The van der Waals surface area contributed by atoms with Crippen LogP contribution in [0.5, 0.6) is 5.75 Å². The summed E-state index contributed by atoms with van der Waals surface area (Å²) in [4.78, 5) is 3.55. The average molecular weight is 508 g/mol. The van der Waals surface area contributed by atoms with E-state index >= 15 is 0 Å². The summed E-state index contributed by atoms with van der Waals surface area (Å²) in [6.07, 6.45) is 1.43. The van der Waals surface area contributed by atoms with Crippen molar-refractivity contribution in [1.29, 1.82) is 0 Å². The molecule has 0 aromatic heterocycles. The summed E-state index contributed by atoms with van der Waals surface area (Å²) in [5.74, 6) is -9.98. The lowest BCUT2D eigenvalue weighted by atomic mass is 9.79. The molecule has 0 aliphatic rings. The van der Waals surface area contributed by atoms with Gasteiger partial charge in [-0.1, -0.05) is 71.5 Å². The molecule has 0 fully saturated rings. The van der Waals surface area contributed by atoms with Crippen molar-refractivity contribution in [1.82, 2.24) is 0 Å². The van der Waals surface area contributed by atoms with Gasteiger partial charge in [0, 0.05) is 22.2 Å². The molecule has 3 rings (SSSR count). The molecule has 0 atom stereocenters. The van der Waals surface area contributed by atoms with Crippen LogP contribution in [0.1, 0.15) is 58.2 Å². The molecule has 0 heterocycles. The highest BCUT2D eigenvalue weighted by molar-refractivity contribution is 7.99. The van der Waals surface area contributed by atoms with Crippen LogP contribution in [-0.2, 0) is 10.8 Å². The fourth-order valence-corrected chi connectivity index (χ4v) is 4.28. The quantitative estimate of drug-likeness (QED) is 0.166. The molecule has 35 heavy (non-hydrogen) atoms. The Hall–Kier alpha value is -2.87. The van der Waals surface area contributed by atoms with Gasteiger partial charge in [-0.3, -0.25) is 4.99 Å². The first-order valence-corrected chi connectivity index (χ1v) is 11.6. The number of rotatable bonds is 4. The largest absolute Gasteiger partial charge is 0.507 e. The zero-order valence-corrected chi connectivity index (χ0v) is 21.1. The number of hydrogen-bond acceptors (Lipinski definition) is 3. The molecule has 0 aliphatic carbocycles. The van der Waals surface area contributed by atoms with E-state index in [0.717, 1.165) is 11.1 Å². The molecule has 186 valence electrons. The zero-order chi connectivity index (χ0) is 26.3. The number of phenols is 1. The predicted octanol–water partition coefficient (Wildman–Crippen LogP) is 8.58. The van der Waals surface area contributed by atoms with E-state index in [2.05, 4.69) is 4.99 Å². The summed E-state index contributed by atoms with van der Waals surface area (Å²) >= 11 is 0.386. The predicted molar refractivity (Wildman–Crippen MR) is 130 cm³/mol. The van der Waals surface area contributed by atoms with Gasteiger partial charge in [-0.25, -0.2) is 22.0 Å². The Balaban J connectivity index is 2.09. The van der Waals surface area contributed by atoms with E-state index < -0.39 is 34.0 Å². The molecule has 0 saturated heterocycles. The average Bonchev–Trinajstić information content (AvgIpc) is 2.77. The Morgan fingerprint density at radius 2 is 1.31 bits per heavy atom. The summed E-state index contributed by atoms with van der Waals surface area (Å²) in [5, 5.41) is 10.9. The van der Waals surface area contributed by atoms with Crippen LogP contribution in [0.3, 0.4) is 0 Å². The van der Waals surface area contributed by atoms with E-state index in [9.17, 15) is 27.1 Å². The Morgan fingerprint density at radius 3 is 1.86 bits per heavy atom. The van der Waals surface area contributed by atoms with Gasteiger partial charge in [0.15, 0.2) is 23.3 Å². The smallest absolute Gasteiger partial charge is 0.200 e. The van der Waals surface area contributed by atoms with Gasteiger partial charge < -0.3 is 5.11 Å². The summed E-state index contributed by atoms with van der Waals surface area (Å²) in [5.41, 5.74) is 1.82. The minimum absolute atomic E-state index is 0.0548. The van der Waals surface area contributed by atoms with Crippen LogP contribution in [0, 0.1) is 29.1 Å². The fourth-order valence-electron chi connectivity index (χ4n) is 3.33. The number of halogens is 5. The zero-order valence-electron chi connectivity index (χ0n) is 20.2. The Bertz CT molecular complexity index is 1280. The van der Waals surface area contributed by atoms with Crippen molar-refractivity contribution >= 4 is 23.7 Å². The molecule has 1 N–H and O–H groups in total. The fraction of sp³-hybridized carbons (Fsp3) is 0.296. The van der Waals surface area contributed by atoms with Crippen LogP contribution in [-0.4, -0.2) is 11.3 Å². The van der Waals surface area contributed by atoms with Gasteiger partial charge >= 0.3 is 0 Å². The van der Waals surface area contributed by atoms with Gasteiger partial charge in [0.25, 0.3) is 0 Å². The Kier molecular flexibility index (Phi) is 7.37. The second kappa shape index (κ2) is 9.64. The Labute approximate surface area is 205 Å². The molecular formula is C27H26F5NOS. The lowest BCUT2D eigenvalue weighted by molar-refractivity contribution is 0.361. The van der Waals surface area contributed by atoms with Crippen molar-refractivity contribution < 1.29 is 27.1 Å². The number of para-hydroxylation sites is 1. The first kappa shape index (κ1) is 26.7. The summed E-state index contributed by atoms with van der Waals surface area (Å²) in [6, 6.07) is 9.96. The number of aromatic hydroxyl groups is 1. The molecule has 0 saturated carbocycles. The van der Waals surface area contributed by atoms with Gasteiger partial charge in [-0.05, 0) is 34.6 Å². The number of benzene rings is 3. The molecular weight excluding hydrogens is 481 g/mol.